The third-order valence-electron chi connectivity index (χ3n) is 1.78. The first-order chi connectivity index (χ1) is 6.70. The quantitative estimate of drug-likeness (QED) is 0.754. The maximum atomic E-state index is 12.0. The lowest BCUT2D eigenvalue weighted by Crippen LogP contribution is -2.38. The van der Waals surface area contributed by atoms with E-state index in [1.807, 2.05) is 13.8 Å². The van der Waals surface area contributed by atoms with Gasteiger partial charge in [-0.2, -0.15) is 13.2 Å². The molecule has 0 amide bonds. The summed E-state index contributed by atoms with van der Waals surface area (Å²) in [5, 5.41) is 8.44. The molecule has 3 nitrogen and oxygen atoms in total. The smallest absolute Gasteiger partial charge is 0.401 e. The monoisotopic (exact) mass is 227 g/mol. The number of rotatable bonds is 6. The van der Waals surface area contributed by atoms with Gasteiger partial charge in [-0.15, -0.1) is 0 Å². The highest BCUT2D eigenvalue weighted by atomic mass is 19.4. The Labute approximate surface area is 86.9 Å². The van der Waals surface area contributed by atoms with E-state index in [9.17, 15) is 18.0 Å². The molecule has 0 bridgehead atoms. The highest BCUT2D eigenvalue weighted by molar-refractivity contribution is 5.69. The number of halogens is 3. The molecule has 0 saturated carbocycles. The van der Waals surface area contributed by atoms with Crippen molar-refractivity contribution in [1.29, 1.82) is 0 Å². The minimum Gasteiger partial charge on any atom is -0.480 e. The number of hydrogen-bond donors (Lipinski definition) is 1. The van der Waals surface area contributed by atoms with Gasteiger partial charge in [0.05, 0.1) is 13.1 Å². The van der Waals surface area contributed by atoms with Crippen molar-refractivity contribution in [3.05, 3.63) is 0 Å². The van der Waals surface area contributed by atoms with Crippen LogP contribution in [0.3, 0.4) is 0 Å². The number of carboxylic acids is 1. The van der Waals surface area contributed by atoms with Crippen molar-refractivity contribution in [2.75, 3.05) is 19.6 Å². The van der Waals surface area contributed by atoms with Gasteiger partial charge in [0, 0.05) is 0 Å². The van der Waals surface area contributed by atoms with Crippen molar-refractivity contribution in [2.24, 2.45) is 5.92 Å². The lowest BCUT2D eigenvalue weighted by molar-refractivity contribution is -0.154. The maximum absolute atomic E-state index is 12.0. The zero-order valence-corrected chi connectivity index (χ0v) is 8.84. The molecule has 1 N–H and O–H groups in total. The second-order valence-corrected chi connectivity index (χ2v) is 3.90. The first-order valence-corrected chi connectivity index (χ1v) is 4.71. The van der Waals surface area contributed by atoms with Crippen LogP contribution in [0.25, 0.3) is 0 Å². The molecule has 0 aromatic heterocycles. The van der Waals surface area contributed by atoms with Crippen molar-refractivity contribution < 1.29 is 23.1 Å². The topological polar surface area (TPSA) is 40.5 Å². The molecule has 0 aromatic rings. The van der Waals surface area contributed by atoms with E-state index in [1.165, 1.54) is 0 Å². The van der Waals surface area contributed by atoms with Crippen LogP contribution in [-0.2, 0) is 4.79 Å². The number of aliphatic carboxylic acids is 1. The van der Waals surface area contributed by atoms with Crippen LogP contribution in [0.1, 0.15) is 20.3 Å². The van der Waals surface area contributed by atoms with Crippen LogP contribution >= 0.6 is 0 Å². The Morgan fingerprint density at radius 3 is 2.27 bits per heavy atom. The molecule has 0 radical (unpaired) electrons. The van der Waals surface area contributed by atoms with Crippen LogP contribution < -0.4 is 0 Å². The molecule has 6 heteroatoms. The molecule has 90 valence electrons. The van der Waals surface area contributed by atoms with E-state index in [-0.39, 0.29) is 12.5 Å². The van der Waals surface area contributed by atoms with Gasteiger partial charge in [0.15, 0.2) is 0 Å². The van der Waals surface area contributed by atoms with E-state index in [2.05, 4.69) is 0 Å². The highest BCUT2D eigenvalue weighted by Crippen LogP contribution is 2.17. The Hall–Kier alpha value is -0.780. The summed E-state index contributed by atoms with van der Waals surface area (Å²) < 4.78 is 36.1. The van der Waals surface area contributed by atoms with Crippen LogP contribution in [0, 0.1) is 5.92 Å². The fraction of sp³-hybridized carbons (Fsp3) is 0.889. The van der Waals surface area contributed by atoms with Gasteiger partial charge in [0.2, 0.25) is 0 Å². The number of hydrogen-bond acceptors (Lipinski definition) is 2. The predicted molar refractivity (Wildman–Crippen MR) is 49.6 cm³/mol. The average Bonchev–Trinajstić information content (AvgIpc) is 1.95. The summed E-state index contributed by atoms with van der Waals surface area (Å²) >= 11 is 0. The number of nitrogens with zero attached hydrogens (tertiary/aromatic N) is 1. The van der Waals surface area contributed by atoms with Crippen molar-refractivity contribution in [3.8, 4) is 0 Å². The Morgan fingerprint density at radius 2 is 1.93 bits per heavy atom. The average molecular weight is 227 g/mol. The normalized spacial score (nSPS) is 12.5. The molecular formula is C9H16F3NO2. The van der Waals surface area contributed by atoms with Gasteiger partial charge in [-0.3, -0.25) is 9.69 Å². The van der Waals surface area contributed by atoms with Gasteiger partial charge in [-0.05, 0) is 18.9 Å². The van der Waals surface area contributed by atoms with E-state index >= 15 is 0 Å². The highest BCUT2D eigenvalue weighted by Gasteiger charge is 2.31. The van der Waals surface area contributed by atoms with Gasteiger partial charge in [-0.1, -0.05) is 13.8 Å². The minimum absolute atomic E-state index is 0.156. The zero-order valence-electron chi connectivity index (χ0n) is 8.84. The summed E-state index contributed by atoms with van der Waals surface area (Å²) in [6.07, 6.45) is -3.78. The summed E-state index contributed by atoms with van der Waals surface area (Å²) in [6.45, 7) is 2.20. The Kier molecular flexibility index (Phi) is 5.64. The molecule has 0 fully saturated rings. The van der Waals surface area contributed by atoms with E-state index in [1.54, 1.807) is 0 Å². The second kappa shape index (κ2) is 5.95. The van der Waals surface area contributed by atoms with Gasteiger partial charge in [0.1, 0.15) is 0 Å². The van der Waals surface area contributed by atoms with Crippen molar-refractivity contribution in [1.82, 2.24) is 4.90 Å². The molecule has 0 aliphatic rings. The lowest BCUT2D eigenvalue weighted by Gasteiger charge is -2.22. The summed E-state index contributed by atoms with van der Waals surface area (Å²) in [7, 11) is 0. The third kappa shape index (κ3) is 9.52. The van der Waals surface area contributed by atoms with Crippen molar-refractivity contribution in [3.63, 3.8) is 0 Å². The standard InChI is InChI=1S/C9H16F3NO2/c1-7(2)3-4-13(5-8(14)15)6-9(10,11)12/h7H,3-6H2,1-2H3,(H,14,15). The van der Waals surface area contributed by atoms with Gasteiger partial charge >= 0.3 is 12.1 Å². The molecule has 15 heavy (non-hydrogen) atoms. The molecular weight excluding hydrogens is 211 g/mol. The largest absolute Gasteiger partial charge is 0.480 e. The van der Waals surface area contributed by atoms with Crippen LogP contribution in [0.4, 0.5) is 13.2 Å². The summed E-state index contributed by atoms with van der Waals surface area (Å²) in [4.78, 5) is 11.2. The molecule has 0 aromatic carbocycles. The molecule has 0 unspecified atom stereocenters. The molecule has 0 aliphatic carbocycles. The molecule has 0 aliphatic heterocycles. The Morgan fingerprint density at radius 1 is 1.40 bits per heavy atom. The second-order valence-electron chi connectivity index (χ2n) is 3.90. The maximum Gasteiger partial charge on any atom is 0.401 e. The molecule has 0 heterocycles. The Balaban J connectivity index is 4.12. The van der Waals surface area contributed by atoms with Gasteiger partial charge < -0.3 is 5.11 Å². The lowest BCUT2D eigenvalue weighted by atomic mass is 10.1. The van der Waals surface area contributed by atoms with E-state index in [4.69, 9.17) is 5.11 Å². The fourth-order valence-corrected chi connectivity index (χ4v) is 1.10. The van der Waals surface area contributed by atoms with E-state index in [0.717, 1.165) is 4.90 Å². The molecule has 0 atom stereocenters. The van der Waals surface area contributed by atoms with Crippen molar-refractivity contribution >= 4 is 5.97 Å². The van der Waals surface area contributed by atoms with Gasteiger partial charge in [0.25, 0.3) is 0 Å². The number of carboxylic acid groups (broad SMARTS) is 1. The van der Waals surface area contributed by atoms with E-state index in [0.29, 0.717) is 6.42 Å². The summed E-state index contributed by atoms with van der Waals surface area (Å²) in [6, 6.07) is 0. The first kappa shape index (κ1) is 14.2. The molecule has 0 rings (SSSR count). The summed E-state index contributed by atoms with van der Waals surface area (Å²) in [5.41, 5.74) is 0. The predicted octanol–water partition coefficient (Wildman–Crippen LogP) is 1.98. The third-order valence-corrected chi connectivity index (χ3v) is 1.78. The van der Waals surface area contributed by atoms with Crippen molar-refractivity contribution in [2.45, 2.75) is 26.4 Å². The van der Waals surface area contributed by atoms with Crippen LogP contribution in [-0.4, -0.2) is 41.8 Å². The first-order valence-electron chi connectivity index (χ1n) is 4.71. The van der Waals surface area contributed by atoms with Crippen LogP contribution in [0.5, 0.6) is 0 Å². The minimum atomic E-state index is -4.34. The fourth-order valence-electron chi connectivity index (χ4n) is 1.10. The molecule has 0 spiro atoms. The molecule has 0 saturated heterocycles. The summed E-state index contributed by atoms with van der Waals surface area (Å²) in [5.74, 6) is -0.975. The SMILES string of the molecule is CC(C)CCN(CC(=O)O)CC(F)(F)F. The van der Waals surface area contributed by atoms with E-state index < -0.39 is 25.2 Å². The number of carbonyl (C=O) groups is 1. The van der Waals surface area contributed by atoms with Crippen LogP contribution in [0.15, 0.2) is 0 Å². The number of alkyl halides is 3. The Bertz CT molecular complexity index is 204. The van der Waals surface area contributed by atoms with Gasteiger partial charge in [-0.25, -0.2) is 0 Å². The zero-order chi connectivity index (χ0) is 12.1. The van der Waals surface area contributed by atoms with Crippen LogP contribution in [0.2, 0.25) is 0 Å².